The van der Waals surface area contributed by atoms with Crippen LogP contribution in [0.3, 0.4) is 0 Å². The van der Waals surface area contributed by atoms with Crippen LogP contribution >= 0.6 is 0 Å². The highest BCUT2D eigenvalue weighted by molar-refractivity contribution is 5.99. The molecule has 8 nitrogen and oxygen atoms in total. The van der Waals surface area contributed by atoms with Crippen LogP contribution in [-0.4, -0.2) is 49.1 Å². The molecule has 0 bridgehead atoms. The van der Waals surface area contributed by atoms with Crippen LogP contribution in [0.2, 0.25) is 0 Å². The van der Waals surface area contributed by atoms with E-state index in [1.165, 1.54) is 12.1 Å². The summed E-state index contributed by atoms with van der Waals surface area (Å²) in [5, 5.41) is 20.1. The van der Waals surface area contributed by atoms with Gasteiger partial charge in [-0.15, -0.1) is 6.42 Å². The molecule has 1 aromatic heterocycles. The van der Waals surface area contributed by atoms with Crippen molar-refractivity contribution in [2.75, 3.05) is 20.6 Å². The van der Waals surface area contributed by atoms with Crippen molar-refractivity contribution in [1.82, 2.24) is 14.4 Å². The summed E-state index contributed by atoms with van der Waals surface area (Å²) in [7, 11) is 4.09. The van der Waals surface area contributed by atoms with Crippen LogP contribution < -0.4 is 20.6 Å². The molecule has 0 aliphatic heterocycles. The predicted octanol–water partition coefficient (Wildman–Crippen LogP) is 3.54. The summed E-state index contributed by atoms with van der Waals surface area (Å²) in [6.45, 7) is 1.30. The number of amidine groups is 1. The molecule has 0 spiro atoms. The third-order valence-electron chi connectivity index (χ3n) is 6.48. The van der Waals surface area contributed by atoms with E-state index in [9.17, 15) is 22.4 Å². The van der Waals surface area contributed by atoms with Gasteiger partial charge >= 0.3 is 6.18 Å². The van der Waals surface area contributed by atoms with Gasteiger partial charge in [-0.1, -0.05) is 30.3 Å². The van der Waals surface area contributed by atoms with E-state index >= 15 is 0 Å². The molecule has 0 aliphatic rings. The molecule has 0 atom stereocenters. The van der Waals surface area contributed by atoms with Gasteiger partial charge in [0, 0.05) is 29.6 Å². The molecule has 4 rings (SSSR count). The number of aromatic nitrogens is 1. The maximum atomic E-state index is 13.9. The average molecular weight is 596 g/mol. The van der Waals surface area contributed by atoms with Gasteiger partial charge in [0.1, 0.15) is 35.5 Å². The zero-order valence-corrected chi connectivity index (χ0v) is 23.3. The summed E-state index contributed by atoms with van der Waals surface area (Å²) in [5.41, 5.74) is 10.3. The van der Waals surface area contributed by atoms with Crippen molar-refractivity contribution in [3.8, 4) is 12.3 Å². The molecule has 0 saturated heterocycles. The monoisotopic (exact) mass is 595 g/mol. The van der Waals surface area contributed by atoms with Crippen LogP contribution in [0.1, 0.15) is 27.2 Å². The van der Waals surface area contributed by atoms with Gasteiger partial charge in [-0.2, -0.15) is 13.2 Å². The summed E-state index contributed by atoms with van der Waals surface area (Å²) < 4.78 is 47.9. The molecule has 224 valence electrons. The van der Waals surface area contributed by atoms with Crippen LogP contribution in [0.4, 0.5) is 23.2 Å². The van der Waals surface area contributed by atoms with Crippen LogP contribution in [0.5, 0.6) is 0 Å². The summed E-state index contributed by atoms with van der Waals surface area (Å²) >= 11 is 0. The Kier molecular flexibility index (Phi) is 9.95. The predicted molar refractivity (Wildman–Crippen MR) is 154 cm³/mol. The van der Waals surface area contributed by atoms with Crippen molar-refractivity contribution in [2.24, 2.45) is 5.73 Å². The number of nitrogen functional groups attached to an aromatic ring is 1. The Hall–Kier alpha value is -5.15. The van der Waals surface area contributed by atoms with E-state index in [1.807, 2.05) is 61.1 Å². The fraction of sp³-hybridized carbons (Fsp3) is 0.194. The summed E-state index contributed by atoms with van der Waals surface area (Å²) in [4.78, 5) is 22.0. The number of rotatable bonds is 8. The Labute approximate surface area is 245 Å². The smallest absolute Gasteiger partial charge is 0.430 e. The highest BCUT2D eigenvalue weighted by Crippen LogP contribution is 2.24. The summed E-state index contributed by atoms with van der Waals surface area (Å²) in [6.07, 6.45) is 0.290. The van der Waals surface area contributed by atoms with Gasteiger partial charge in [0.25, 0.3) is 5.91 Å². The van der Waals surface area contributed by atoms with Crippen LogP contribution in [-0.2, 0) is 17.9 Å². The number of nitrogens with zero attached hydrogens (tertiary/aromatic N) is 2. The fourth-order valence-electron chi connectivity index (χ4n) is 4.23. The number of carbonyl (C=O) groups excluding carboxylic acids is 2. The number of carbonyl (C=O) groups is 2. The molecule has 0 unspecified atom stereocenters. The van der Waals surface area contributed by atoms with Crippen LogP contribution in [0.25, 0.3) is 10.9 Å². The lowest BCUT2D eigenvalue weighted by Gasteiger charge is -2.26. The number of aliphatic carboxylic acids is 1. The molecule has 0 aliphatic carbocycles. The minimum atomic E-state index is -5.19. The van der Waals surface area contributed by atoms with Gasteiger partial charge in [0.05, 0.1) is 14.1 Å². The Morgan fingerprint density at radius 2 is 1.70 bits per heavy atom. The number of amides is 1. The second-order valence-corrected chi connectivity index (χ2v) is 10.1. The number of alkyl halides is 3. The first-order valence-corrected chi connectivity index (χ1v) is 12.8. The second kappa shape index (κ2) is 13.2. The highest BCUT2D eigenvalue weighted by Gasteiger charge is 2.28. The molecular weight excluding hydrogens is 566 g/mol. The Balaban J connectivity index is 0.000000646. The number of nitrogens with one attached hydrogen (secondary N) is 2. The van der Waals surface area contributed by atoms with Crippen molar-refractivity contribution < 1.29 is 32.3 Å². The minimum absolute atomic E-state index is 0.0262. The van der Waals surface area contributed by atoms with Crippen molar-refractivity contribution >= 4 is 34.3 Å². The molecule has 12 heteroatoms. The van der Waals surface area contributed by atoms with Crippen molar-refractivity contribution in [1.29, 1.82) is 5.41 Å². The molecule has 3 aromatic carbocycles. The SMILES string of the molecule is C#CC[N+](C)(C)c1ccc(CNC(=O)c2cc3cc(F)ccc3n2Cc2cccc(C(=N)N)c2)cc1.O=C([O-])C(F)(F)F. The number of hydrogen-bond donors (Lipinski definition) is 3. The Bertz CT molecular complexity index is 1690. The van der Waals surface area contributed by atoms with Gasteiger partial charge in [0.15, 0.2) is 0 Å². The third-order valence-corrected chi connectivity index (χ3v) is 6.48. The second-order valence-electron chi connectivity index (χ2n) is 10.1. The lowest BCUT2D eigenvalue weighted by Crippen LogP contribution is -2.40. The number of fused-ring (bicyclic) bond motifs is 1. The molecule has 0 fully saturated rings. The molecule has 4 N–H and O–H groups in total. The molecule has 1 heterocycles. The molecule has 43 heavy (non-hydrogen) atoms. The number of benzene rings is 3. The third kappa shape index (κ3) is 8.43. The van der Waals surface area contributed by atoms with E-state index in [0.29, 0.717) is 40.8 Å². The van der Waals surface area contributed by atoms with E-state index in [4.69, 9.17) is 27.5 Å². The lowest BCUT2D eigenvalue weighted by molar-refractivity contribution is -0.344. The number of nitrogens with two attached hydrogens (primary N) is 1. The zero-order chi connectivity index (χ0) is 31.9. The maximum Gasteiger partial charge on any atom is 0.430 e. The number of quaternary nitrogens is 1. The minimum Gasteiger partial charge on any atom is -0.542 e. The molecular formula is C31H29F4N5O3. The topological polar surface area (TPSA) is 124 Å². The van der Waals surface area contributed by atoms with E-state index in [1.54, 1.807) is 18.2 Å². The number of carboxylic acid groups (broad SMARTS) is 1. The first-order valence-electron chi connectivity index (χ1n) is 12.8. The summed E-state index contributed by atoms with van der Waals surface area (Å²) in [5.74, 6) is -0.962. The Morgan fingerprint density at radius 3 is 2.28 bits per heavy atom. The highest BCUT2D eigenvalue weighted by atomic mass is 19.4. The fourth-order valence-corrected chi connectivity index (χ4v) is 4.23. The van der Waals surface area contributed by atoms with Crippen molar-refractivity contribution in [2.45, 2.75) is 19.3 Å². The van der Waals surface area contributed by atoms with Crippen molar-refractivity contribution in [3.63, 3.8) is 0 Å². The van der Waals surface area contributed by atoms with Crippen molar-refractivity contribution in [3.05, 3.63) is 101 Å². The molecule has 1 amide bonds. The lowest BCUT2D eigenvalue weighted by atomic mass is 10.1. The van der Waals surface area contributed by atoms with E-state index in [2.05, 4.69) is 11.2 Å². The normalized spacial score (nSPS) is 11.3. The van der Waals surface area contributed by atoms with Gasteiger partial charge < -0.3 is 25.5 Å². The summed E-state index contributed by atoms with van der Waals surface area (Å²) in [6, 6.07) is 21.5. The van der Waals surface area contributed by atoms with Gasteiger partial charge in [-0.3, -0.25) is 14.7 Å². The number of terminal acetylenes is 1. The van der Waals surface area contributed by atoms with E-state index in [-0.39, 0.29) is 17.6 Å². The Morgan fingerprint density at radius 1 is 1.05 bits per heavy atom. The standard InChI is InChI=1S/C29H28FN5O.C2HF3O2/c1-4-14-35(2,3)25-11-8-20(9-12-25)18-33-29(36)27-17-23-16-24(30)10-13-26(23)34(27)19-21-6-5-7-22(15-21)28(31)32;3-2(4,5)1(6)7/h1,5-13,15-17H,14,18-19H2,2-3H3,(H3-,31,32,33,36);(H,6,7). The average Bonchev–Trinajstić information content (AvgIpc) is 3.29. The molecule has 0 radical (unpaired) electrons. The molecule has 4 aromatic rings. The maximum absolute atomic E-state index is 13.9. The first kappa shape index (κ1) is 32.4. The zero-order valence-electron chi connectivity index (χ0n) is 23.3. The van der Waals surface area contributed by atoms with Gasteiger partial charge in [0.2, 0.25) is 0 Å². The van der Waals surface area contributed by atoms with Crippen LogP contribution in [0, 0.1) is 23.6 Å². The number of halogens is 4. The van der Waals surface area contributed by atoms with Gasteiger partial charge in [-0.25, -0.2) is 4.39 Å². The largest absolute Gasteiger partial charge is 0.542 e. The number of hydrogen-bond acceptors (Lipinski definition) is 4. The van der Waals surface area contributed by atoms with E-state index in [0.717, 1.165) is 22.3 Å². The quantitative estimate of drug-likeness (QED) is 0.0948. The van der Waals surface area contributed by atoms with Gasteiger partial charge in [-0.05, 0) is 59.5 Å². The molecule has 0 saturated carbocycles. The number of carboxylic acids is 1. The van der Waals surface area contributed by atoms with Crippen LogP contribution in [0.15, 0.2) is 72.8 Å². The van der Waals surface area contributed by atoms with E-state index < -0.39 is 12.1 Å². The first-order chi connectivity index (χ1) is 20.1.